The van der Waals surface area contributed by atoms with E-state index in [0.29, 0.717) is 0 Å². The molecule has 1 heterocycles. The molecule has 0 bridgehead atoms. The first-order valence-electron chi connectivity index (χ1n) is 4.21. The maximum Gasteiger partial charge on any atom is 0.0621 e. The quantitative estimate of drug-likeness (QED) is 0.601. The molecule has 0 amide bonds. The fourth-order valence-corrected chi connectivity index (χ4v) is 0.998. The van der Waals surface area contributed by atoms with E-state index in [1.165, 1.54) is 0 Å². The lowest BCUT2D eigenvalue weighted by atomic mass is 10.2. The second kappa shape index (κ2) is 5.15. The Balaban J connectivity index is 0.000000561. The Bertz CT molecular complexity index is 206. The number of pyridine rings is 1. The third kappa shape index (κ3) is 2.82. The molecule has 1 nitrogen and oxygen atoms in total. The van der Waals surface area contributed by atoms with Crippen LogP contribution in [0.4, 0.5) is 0 Å². The van der Waals surface area contributed by atoms with E-state index in [2.05, 4.69) is 4.98 Å². The van der Waals surface area contributed by atoms with Crippen LogP contribution in [0.25, 0.3) is 0 Å². The monoisotopic (exact) mass is 185 g/mol. The summed E-state index contributed by atoms with van der Waals surface area (Å²) in [6, 6.07) is 1.94. The topological polar surface area (TPSA) is 12.9 Å². The molecule has 12 heavy (non-hydrogen) atoms. The highest BCUT2D eigenvalue weighted by molar-refractivity contribution is 6.31. The van der Waals surface area contributed by atoms with Gasteiger partial charge < -0.3 is 0 Å². The highest BCUT2D eigenvalue weighted by Crippen LogP contribution is 2.15. The van der Waals surface area contributed by atoms with Crippen LogP contribution in [0.3, 0.4) is 0 Å². The second-order valence-electron chi connectivity index (χ2n) is 2.46. The Hall–Kier alpha value is -0.560. The van der Waals surface area contributed by atoms with Crippen LogP contribution in [-0.2, 0) is 0 Å². The van der Waals surface area contributed by atoms with Gasteiger partial charge >= 0.3 is 0 Å². The summed E-state index contributed by atoms with van der Waals surface area (Å²) >= 11 is 5.82. The van der Waals surface area contributed by atoms with Crippen LogP contribution < -0.4 is 0 Å². The summed E-state index contributed by atoms with van der Waals surface area (Å²) in [5.41, 5.74) is 3.11. The molecule has 1 aromatic heterocycles. The van der Waals surface area contributed by atoms with E-state index >= 15 is 0 Å². The van der Waals surface area contributed by atoms with Gasteiger partial charge in [-0.3, -0.25) is 4.98 Å². The molecule has 0 saturated heterocycles. The number of rotatable bonds is 0. The zero-order chi connectivity index (χ0) is 9.72. The Morgan fingerprint density at radius 2 is 1.58 bits per heavy atom. The van der Waals surface area contributed by atoms with Crippen molar-refractivity contribution in [1.82, 2.24) is 4.98 Å². The SMILES string of the molecule is CC.Cc1cc(Cl)c(C)nc1C. The van der Waals surface area contributed by atoms with Gasteiger partial charge in [0.2, 0.25) is 0 Å². The van der Waals surface area contributed by atoms with Gasteiger partial charge in [0.25, 0.3) is 0 Å². The zero-order valence-corrected chi connectivity index (χ0v) is 9.16. The molecule has 0 aliphatic rings. The maximum absolute atomic E-state index is 5.82. The largest absolute Gasteiger partial charge is 0.257 e. The number of aromatic nitrogens is 1. The smallest absolute Gasteiger partial charge is 0.0621 e. The van der Waals surface area contributed by atoms with E-state index in [9.17, 15) is 0 Å². The molecular formula is C10H16ClN. The van der Waals surface area contributed by atoms with Crippen molar-refractivity contribution in [2.45, 2.75) is 34.6 Å². The van der Waals surface area contributed by atoms with Crippen LogP contribution in [0.2, 0.25) is 5.02 Å². The summed E-state index contributed by atoms with van der Waals surface area (Å²) < 4.78 is 0. The highest BCUT2D eigenvalue weighted by atomic mass is 35.5. The first-order chi connectivity index (χ1) is 5.61. The van der Waals surface area contributed by atoms with Gasteiger partial charge in [-0.1, -0.05) is 25.4 Å². The van der Waals surface area contributed by atoms with Gasteiger partial charge in [-0.05, 0) is 32.4 Å². The van der Waals surface area contributed by atoms with E-state index in [-0.39, 0.29) is 0 Å². The van der Waals surface area contributed by atoms with Crippen LogP contribution >= 0.6 is 11.6 Å². The normalized spacial score (nSPS) is 8.83. The van der Waals surface area contributed by atoms with Crippen molar-refractivity contribution in [3.63, 3.8) is 0 Å². The van der Waals surface area contributed by atoms with Gasteiger partial charge in [0.1, 0.15) is 0 Å². The molecule has 0 spiro atoms. The Labute approximate surface area is 79.8 Å². The minimum Gasteiger partial charge on any atom is -0.257 e. The summed E-state index contributed by atoms with van der Waals surface area (Å²) in [5.74, 6) is 0. The van der Waals surface area contributed by atoms with Gasteiger partial charge in [-0.15, -0.1) is 0 Å². The van der Waals surface area contributed by atoms with Crippen molar-refractivity contribution in [1.29, 1.82) is 0 Å². The van der Waals surface area contributed by atoms with Gasteiger partial charge in [0.15, 0.2) is 0 Å². The summed E-state index contributed by atoms with van der Waals surface area (Å²) in [6.45, 7) is 9.90. The Kier molecular flexibility index (Phi) is 4.91. The lowest BCUT2D eigenvalue weighted by molar-refractivity contribution is 1.09. The summed E-state index contributed by atoms with van der Waals surface area (Å²) in [7, 11) is 0. The number of halogens is 1. The molecule has 1 aromatic rings. The van der Waals surface area contributed by atoms with Crippen molar-refractivity contribution in [3.05, 3.63) is 28.0 Å². The average Bonchev–Trinajstić information content (AvgIpc) is 2.05. The first-order valence-corrected chi connectivity index (χ1v) is 4.59. The third-order valence-electron chi connectivity index (χ3n) is 1.59. The van der Waals surface area contributed by atoms with Gasteiger partial charge in [-0.2, -0.15) is 0 Å². The third-order valence-corrected chi connectivity index (χ3v) is 1.98. The highest BCUT2D eigenvalue weighted by Gasteiger charge is 1.98. The van der Waals surface area contributed by atoms with Crippen LogP contribution in [0, 0.1) is 20.8 Å². The maximum atomic E-state index is 5.82. The predicted octanol–water partition coefficient (Wildman–Crippen LogP) is 3.69. The molecule has 0 aliphatic heterocycles. The molecule has 0 fully saturated rings. The number of aryl methyl sites for hydroxylation is 3. The van der Waals surface area contributed by atoms with E-state index in [4.69, 9.17) is 11.6 Å². The van der Waals surface area contributed by atoms with E-state index < -0.39 is 0 Å². The number of hydrogen-bond acceptors (Lipinski definition) is 1. The summed E-state index contributed by atoms with van der Waals surface area (Å²) in [6.07, 6.45) is 0. The van der Waals surface area contributed by atoms with Crippen LogP contribution in [0.5, 0.6) is 0 Å². The van der Waals surface area contributed by atoms with E-state index in [1.807, 2.05) is 40.7 Å². The standard InChI is InChI=1S/C8H10ClN.C2H6/c1-5-4-8(9)7(3)10-6(5)2;1-2/h4H,1-3H3;1-2H3. The Morgan fingerprint density at radius 1 is 1.08 bits per heavy atom. The molecule has 0 aliphatic carbocycles. The van der Waals surface area contributed by atoms with Crippen molar-refractivity contribution in [2.24, 2.45) is 0 Å². The Morgan fingerprint density at radius 3 is 2.00 bits per heavy atom. The van der Waals surface area contributed by atoms with Crippen molar-refractivity contribution >= 4 is 11.6 Å². The molecule has 0 aromatic carbocycles. The van der Waals surface area contributed by atoms with Crippen molar-refractivity contribution in [2.75, 3.05) is 0 Å². The fraction of sp³-hybridized carbons (Fsp3) is 0.500. The zero-order valence-electron chi connectivity index (χ0n) is 8.40. The molecule has 2 heteroatoms. The van der Waals surface area contributed by atoms with E-state index in [0.717, 1.165) is 22.0 Å². The molecule has 0 saturated carbocycles. The second-order valence-corrected chi connectivity index (χ2v) is 2.87. The molecule has 0 N–H and O–H groups in total. The summed E-state index contributed by atoms with van der Waals surface area (Å²) in [4.78, 5) is 4.24. The minimum atomic E-state index is 0.753. The van der Waals surface area contributed by atoms with Gasteiger partial charge in [0.05, 0.1) is 10.7 Å². The fourth-order valence-electron chi connectivity index (χ4n) is 0.792. The van der Waals surface area contributed by atoms with Crippen LogP contribution in [0.1, 0.15) is 30.8 Å². The molecule has 1 rings (SSSR count). The molecular weight excluding hydrogens is 170 g/mol. The van der Waals surface area contributed by atoms with Crippen molar-refractivity contribution in [3.8, 4) is 0 Å². The van der Waals surface area contributed by atoms with E-state index in [1.54, 1.807) is 0 Å². The van der Waals surface area contributed by atoms with Crippen LogP contribution in [-0.4, -0.2) is 4.98 Å². The van der Waals surface area contributed by atoms with Crippen molar-refractivity contribution < 1.29 is 0 Å². The molecule has 68 valence electrons. The molecule has 0 unspecified atom stereocenters. The first kappa shape index (κ1) is 11.4. The number of hydrogen-bond donors (Lipinski definition) is 0. The molecule has 0 atom stereocenters. The lowest BCUT2D eigenvalue weighted by Crippen LogP contribution is -1.89. The minimum absolute atomic E-state index is 0.753. The number of nitrogens with zero attached hydrogens (tertiary/aromatic N) is 1. The van der Waals surface area contributed by atoms with Gasteiger partial charge in [0, 0.05) is 5.69 Å². The summed E-state index contributed by atoms with van der Waals surface area (Å²) in [5, 5.41) is 0.753. The average molecular weight is 186 g/mol. The van der Waals surface area contributed by atoms with Crippen LogP contribution in [0.15, 0.2) is 6.07 Å². The van der Waals surface area contributed by atoms with Gasteiger partial charge in [-0.25, -0.2) is 0 Å². The molecule has 0 radical (unpaired) electrons. The lowest BCUT2D eigenvalue weighted by Gasteiger charge is -2.01. The predicted molar refractivity (Wildman–Crippen MR) is 54.8 cm³/mol.